The summed E-state index contributed by atoms with van der Waals surface area (Å²) < 4.78 is 0. The molecule has 14 heavy (non-hydrogen) atoms. The Balaban J connectivity index is 3.08. The molecule has 0 aliphatic carbocycles. The third kappa shape index (κ3) is 2.26. The molecule has 0 saturated carbocycles. The molecular weight excluding hydrogens is 174 g/mol. The molecule has 1 rings (SSSR count). The van der Waals surface area contributed by atoms with E-state index >= 15 is 0 Å². The fourth-order valence-corrected chi connectivity index (χ4v) is 1.45. The molecule has 0 bridgehead atoms. The smallest absolute Gasteiger partial charge is 0.120 e. The number of hydrogen-bond donors (Lipinski definition) is 2. The zero-order valence-corrected chi connectivity index (χ0v) is 9.12. The Bertz CT molecular complexity index is 307. The molecule has 0 aliphatic heterocycles. The largest absolute Gasteiger partial charge is 0.508 e. The fourth-order valence-electron chi connectivity index (χ4n) is 1.45. The average molecular weight is 193 g/mol. The van der Waals surface area contributed by atoms with E-state index in [1.54, 1.807) is 6.07 Å². The lowest BCUT2D eigenvalue weighted by Crippen LogP contribution is -2.09. The van der Waals surface area contributed by atoms with Gasteiger partial charge in [-0.15, -0.1) is 0 Å². The lowest BCUT2D eigenvalue weighted by Gasteiger charge is -2.14. The third-order valence-corrected chi connectivity index (χ3v) is 2.56. The predicted octanol–water partition coefficient (Wildman–Crippen LogP) is 2.93. The highest BCUT2D eigenvalue weighted by Gasteiger charge is 2.10. The summed E-state index contributed by atoms with van der Waals surface area (Å²) in [5.41, 5.74) is 7.99. The minimum Gasteiger partial charge on any atom is -0.508 e. The molecule has 0 heterocycles. The van der Waals surface area contributed by atoms with Gasteiger partial charge in [0.25, 0.3) is 0 Å². The normalized spacial score (nSPS) is 13.2. The zero-order valence-electron chi connectivity index (χ0n) is 9.12. The Morgan fingerprint density at radius 1 is 1.36 bits per heavy atom. The van der Waals surface area contributed by atoms with Gasteiger partial charge in [-0.25, -0.2) is 0 Å². The highest BCUT2D eigenvalue weighted by molar-refractivity contribution is 5.39. The average Bonchev–Trinajstić information content (AvgIpc) is 2.17. The van der Waals surface area contributed by atoms with Gasteiger partial charge in [0.2, 0.25) is 0 Å². The first-order chi connectivity index (χ1) is 6.56. The van der Waals surface area contributed by atoms with Crippen molar-refractivity contribution in [3.05, 3.63) is 29.3 Å². The number of hydrogen-bond acceptors (Lipinski definition) is 2. The quantitative estimate of drug-likeness (QED) is 0.775. The monoisotopic (exact) mass is 193 g/mol. The number of rotatable bonds is 3. The topological polar surface area (TPSA) is 46.2 Å². The first-order valence-corrected chi connectivity index (χ1v) is 5.14. The van der Waals surface area contributed by atoms with Crippen LogP contribution in [0.15, 0.2) is 18.2 Å². The molecular formula is C12H19NO. The van der Waals surface area contributed by atoms with Crippen molar-refractivity contribution in [3.63, 3.8) is 0 Å². The molecule has 0 unspecified atom stereocenters. The van der Waals surface area contributed by atoms with Crippen molar-refractivity contribution in [1.82, 2.24) is 0 Å². The molecule has 0 spiro atoms. The summed E-state index contributed by atoms with van der Waals surface area (Å²) in [6.45, 7) is 6.29. The predicted molar refractivity (Wildman–Crippen MR) is 59.4 cm³/mol. The van der Waals surface area contributed by atoms with E-state index in [0.29, 0.717) is 11.7 Å². The molecule has 1 aromatic rings. The van der Waals surface area contributed by atoms with Crippen LogP contribution in [0.1, 0.15) is 50.3 Å². The molecule has 0 aliphatic rings. The Morgan fingerprint density at radius 2 is 2.00 bits per heavy atom. The molecule has 0 aromatic heterocycles. The van der Waals surface area contributed by atoms with Crippen molar-refractivity contribution < 1.29 is 5.11 Å². The van der Waals surface area contributed by atoms with E-state index < -0.39 is 0 Å². The molecule has 0 saturated heterocycles. The Labute approximate surface area is 85.8 Å². The number of phenolic OH excluding ortho intramolecular Hbond substituents is 1. The van der Waals surface area contributed by atoms with E-state index in [4.69, 9.17) is 5.73 Å². The van der Waals surface area contributed by atoms with Crippen LogP contribution in [0.25, 0.3) is 0 Å². The van der Waals surface area contributed by atoms with Gasteiger partial charge in [-0.2, -0.15) is 0 Å². The maximum absolute atomic E-state index is 9.64. The van der Waals surface area contributed by atoms with Crippen molar-refractivity contribution in [2.75, 3.05) is 0 Å². The van der Waals surface area contributed by atoms with E-state index in [1.807, 2.05) is 19.1 Å². The van der Waals surface area contributed by atoms with Crippen LogP contribution >= 0.6 is 0 Å². The maximum atomic E-state index is 9.64. The van der Waals surface area contributed by atoms with Crippen LogP contribution in [0.3, 0.4) is 0 Å². The first-order valence-electron chi connectivity index (χ1n) is 5.14. The van der Waals surface area contributed by atoms with Gasteiger partial charge in [0.1, 0.15) is 5.75 Å². The third-order valence-electron chi connectivity index (χ3n) is 2.56. The standard InChI is InChI=1S/C12H19NO/c1-4-11(13)10-7-9(8(2)3)5-6-12(10)14/h5-8,11,14H,4,13H2,1-3H3/t11-/m0/s1. The zero-order chi connectivity index (χ0) is 10.7. The summed E-state index contributed by atoms with van der Waals surface area (Å²) in [7, 11) is 0. The number of phenols is 1. The van der Waals surface area contributed by atoms with Gasteiger partial charge in [-0.1, -0.05) is 32.9 Å². The second-order valence-electron chi connectivity index (χ2n) is 3.99. The summed E-state index contributed by atoms with van der Waals surface area (Å²) in [6, 6.07) is 5.63. The minimum atomic E-state index is -0.0614. The maximum Gasteiger partial charge on any atom is 0.120 e. The Kier molecular flexibility index (Phi) is 3.53. The van der Waals surface area contributed by atoms with Crippen molar-refractivity contribution in [3.8, 4) is 5.75 Å². The second-order valence-corrected chi connectivity index (χ2v) is 3.99. The molecule has 1 aromatic carbocycles. The highest BCUT2D eigenvalue weighted by atomic mass is 16.3. The SMILES string of the molecule is CC[C@H](N)c1cc(C(C)C)ccc1O. The van der Waals surface area contributed by atoms with E-state index in [9.17, 15) is 5.11 Å². The summed E-state index contributed by atoms with van der Waals surface area (Å²) >= 11 is 0. The molecule has 78 valence electrons. The summed E-state index contributed by atoms with van der Waals surface area (Å²) in [5.74, 6) is 0.780. The van der Waals surface area contributed by atoms with Gasteiger partial charge in [-0.3, -0.25) is 0 Å². The Hall–Kier alpha value is -1.02. The van der Waals surface area contributed by atoms with Crippen molar-refractivity contribution in [2.24, 2.45) is 5.73 Å². The molecule has 0 amide bonds. The van der Waals surface area contributed by atoms with Gasteiger partial charge >= 0.3 is 0 Å². The second kappa shape index (κ2) is 4.47. The van der Waals surface area contributed by atoms with Crippen molar-refractivity contribution >= 4 is 0 Å². The van der Waals surface area contributed by atoms with Gasteiger partial charge in [0.15, 0.2) is 0 Å². The molecule has 1 atom stereocenters. The molecule has 0 radical (unpaired) electrons. The van der Waals surface area contributed by atoms with E-state index in [0.717, 1.165) is 12.0 Å². The Morgan fingerprint density at radius 3 is 2.50 bits per heavy atom. The molecule has 2 nitrogen and oxygen atoms in total. The summed E-state index contributed by atoms with van der Waals surface area (Å²) in [4.78, 5) is 0. The van der Waals surface area contributed by atoms with Gasteiger partial charge in [-0.05, 0) is 24.0 Å². The van der Waals surface area contributed by atoms with Gasteiger partial charge in [0.05, 0.1) is 0 Å². The highest BCUT2D eigenvalue weighted by Crippen LogP contribution is 2.28. The molecule has 3 N–H and O–H groups in total. The summed E-state index contributed by atoms with van der Waals surface area (Å²) in [6.07, 6.45) is 0.842. The minimum absolute atomic E-state index is 0.0614. The first kappa shape index (κ1) is 11.1. The van der Waals surface area contributed by atoms with Crippen LogP contribution < -0.4 is 5.73 Å². The molecule has 0 fully saturated rings. The van der Waals surface area contributed by atoms with Crippen LogP contribution in [0.2, 0.25) is 0 Å². The van der Waals surface area contributed by atoms with Crippen LogP contribution in [0, 0.1) is 0 Å². The van der Waals surface area contributed by atoms with Gasteiger partial charge in [0, 0.05) is 11.6 Å². The lowest BCUT2D eigenvalue weighted by molar-refractivity contribution is 0.459. The lowest BCUT2D eigenvalue weighted by atomic mass is 9.96. The van der Waals surface area contributed by atoms with Crippen molar-refractivity contribution in [2.45, 2.75) is 39.2 Å². The van der Waals surface area contributed by atoms with Crippen LogP contribution in [0.4, 0.5) is 0 Å². The van der Waals surface area contributed by atoms with Crippen LogP contribution in [0.5, 0.6) is 5.75 Å². The van der Waals surface area contributed by atoms with E-state index in [-0.39, 0.29) is 6.04 Å². The number of nitrogens with two attached hydrogens (primary N) is 1. The van der Waals surface area contributed by atoms with Crippen LogP contribution in [-0.2, 0) is 0 Å². The van der Waals surface area contributed by atoms with E-state index in [2.05, 4.69) is 13.8 Å². The van der Waals surface area contributed by atoms with Gasteiger partial charge < -0.3 is 10.8 Å². The van der Waals surface area contributed by atoms with Crippen molar-refractivity contribution in [1.29, 1.82) is 0 Å². The number of aromatic hydroxyl groups is 1. The molecule has 2 heteroatoms. The number of benzene rings is 1. The van der Waals surface area contributed by atoms with Crippen LogP contribution in [-0.4, -0.2) is 5.11 Å². The van der Waals surface area contributed by atoms with E-state index in [1.165, 1.54) is 5.56 Å². The fraction of sp³-hybridized carbons (Fsp3) is 0.500. The summed E-state index contributed by atoms with van der Waals surface area (Å²) in [5, 5.41) is 9.64.